The Morgan fingerprint density at radius 3 is 2.33 bits per heavy atom. The van der Waals surface area contributed by atoms with Crippen molar-refractivity contribution in [1.29, 1.82) is 0 Å². The van der Waals surface area contributed by atoms with Crippen LogP contribution >= 0.6 is 23.4 Å². The normalized spacial score (nSPS) is 14.3. The van der Waals surface area contributed by atoms with Crippen molar-refractivity contribution in [3.8, 4) is 0 Å². The summed E-state index contributed by atoms with van der Waals surface area (Å²) in [4.78, 5) is 39.6. The Morgan fingerprint density at radius 1 is 1.15 bits per heavy atom. The number of amides is 3. The fourth-order valence-electron chi connectivity index (χ4n) is 3.04. The largest absolute Gasteiger partial charge is 0.323 e. The minimum absolute atomic E-state index is 0.331. The van der Waals surface area contributed by atoms with Crippen molar-refractivity contribution in [3.05, 3.63) is 64.2 Å². The lowest BCUT2D eigenvalue weighted by Gasteiger charge is -2.25. The molecule has 3 amide bonds. The van der Waals surface area contributed by atoms with E-state index in [0.717, 1.165) is 10.5 Å². The SMILES string of the molecule is CSCC[C@@H](C(=O)Nc1ccc(C)cc1Cl)N1C(=O)c2ccccc2C1=O. The number of hydrogen-bond acceptors (Lipinski definition) is 4. The average molecular weight is 403 g/mol. The van der Waals surface area contributed by atoms with Gasteiger partial charge in [0, 0.05) is 0 Å². The van der Waals surface area contributed by atoms with Crippen LogP contribution in [-0.4, -0.2) is 40.7 Å². The Hall–Kier alpha value is -2.31. The molecule has 0 spiro atoms. The molecule has 0 unspecified atom stereocenters. The summed E-state index contributed by atoms with van der Waals surface area (Å²) in [6, 6.07) is 11.0. The maximum absolute atomic E-state index is 13.0. The van der Waals surface area contributed by atoms with Gasteiger partial charge in [0.25, 0.3) is 11.8 Å². The van der Waals surface area contributed by atoms with Crippen LogP contribution in [0.15, 0.2) is 42.5 Å². The van der Waals surface area contributed by atoms with E-state index < -0.39 is 23.8 Å². The molecule has 1 aliphatic heterocycles. The minimum atomic E-state index is -0.901. The van der Waals surface area contributed by atoms with E-state index >= 15 is 0 Å². The van der Waals surface area contributed by atoms with Crippen LogP contribution in [0.4, 0.5) is 5.69 Å². The molecular formula is C20H19ClN2O3S. The molecule has 0 bridgehead atoms. The summed E-state index contributed by atoms with van der Waals surface area (Å²) >= 11 is 7.75. The Morgan fingerprint density at radius 2 is 1.78 bits per heavy atom. The number of halogens is 1. The van der Waals surface area contributed by atoms with Crippen molar-refractivity contribution < 1.29 is 14.4 Å². The van der Waals surface area contributed by atoms with E-state index in [-0.39, 0.29) is 0 Å². The summed E-state index contributed by atoms with van der Waals surface area (Å²) in [6.45, 7) is 1.90. The standard InChI is InChI=1S/C20H19ClN2O3S/c1-12-7-8-16(15(21)11-12)22-18(24)17(9-10-27-2)23-19(25)13-5-3-4-6-14(13)20(23)26/h3-8,11,17H,9-10H2,1-2H3,(H,22,24)/t17-/m0/s1. The summed E-state index contributed by atoms with van der Waals surface area (Å²) < 4.78 is 0. The molecule has 0 fully saturated rings. The van der Waals surface area contributed by atoms with Crippen LogP contribution in [0, 0.1) is 6.92 Å². The fourth-order valence-corrected chi connectivity index (χ4v) is 3.78. The molecule has 2 aromatic carbocycles. The molecule has 3 rings (SSSR count). The van der Waals surface area contributed by atoms with Gasteiger partial charge in [-0.15, -0.1) is 0 Å². The first kappa shape index (κ1) is 19.5. The van der Waals surface area contributed by atoms with Gasteiger partial charge in [0.1, 0.15) is 6.04 Å². The van der Waals surface area contributed by atoms with E-state index in [4.69, 9.17) is 11.6 Å². The van der Waals surface area contributed by atoms with Gasteiger partial charge in [0.05, 0.1) is 21.8 Å². The summed E-state index contributed by atoms with van der Waals surface area (Å²) in [6.07, 6.45) is 2.27. The van der Waals surface area contributed by atoms with Crippen molar-refractivity contribution in [2.75, 3.05) is 17.3 Å². The van der Waals surface area contributed by atoms with Gasteiger partial charge in [0.2, 0.25) is 5.91 Å². The molecular weight excluding hydrogens is 384 g/mol. The van der Waals surface area contributed by atoms with Gasteiger partial charge >= 0.3 is 0 Å². The molecule has 0 saturated carbocycles. The highest BCUT2D eigenvalue weighted by Crippen LogP contribution is 2.28. The molecule has 7 heteroatoms. The quantitative estimate of drug-likeness (QED) is 0.741. The first-order chi connectivity index (χ1) is 12.9. The van der Waals surface area contributed by atoms with Gasteiger partial charge < -0.3 is 5.32 Å². The highest BCUT2D eigenvalue weighted by Gasteiger charge is 2.42. The zero-order chi connectivity index (χ0) is 19.6. The molecule has 140 valence electrons. The topological polar surface area (TPSA) is 66.5 Å². The van der Waals surface area contributed by atoms with Crippen LogP contribution in [0.5, 0.6) is 0 Å². The average Bonchev–Trinajstić information content (AvgIpc) is 2.90. The number of anilines is 1. The summed E-state index contributed by atoms with van der Waals surface area (Å²) in [7, 11) is 0. The predicted octanol–water partition coefficient (Wildman–Crippen LogP) is 4.00. The second-order valence-electron chi connectivity index (χ2n) is 6.30. The van der Waals surface area contributed by atoms with E-state index in [1.165, 1.54) is 0 Å². The third-order valence-corrected chi connectivity index (χ3v) is 5.37. The number of imide groups is 1. The third-order valence-electron chi connectivity index (χ3n) is 4.42. The Bertz CT molecular complexity index is 881. The van der Waals surface area contributed by atoms with Crippen molar-refractivity contribution in [1.82, 2.24) is 4.90 Å². The van der Waals surface area contributed by atoms with Crippen LogP contribution in [-0.2, 0) is 4.79 Å². The second-order valence-corrected chi connectivity index (χ2v) is 7.69. The predicted molar refractivity (Wildman–Crippen MR) is 109 cm³/mol. The zero-order valence-corrected chi connectivity index (χ0v) is 16.6. The van der Waals surface area contributed by atoms with Crippen LogP contribution in [0.3, 0.4) is 0 Å². The molecule has 1 heterocycles. The van der Waals surface area contributed by atoms with Crippen molar-refractivity contribution in [2.45, 2.75) is 19.4 Å². The lowest BCUT2D eigenvalue weighted by atomic mass is 10.1. The first-order valence-corrected chi connectivity index (χ1v) is 10.2. The zero-order valence-electron chi connectivity index (χ0n) is 15.0. The maximum atomic E-state index is 13.0. The number of carbonyl (C=O) groups is 3. The van der Waals surface area contributed by atoms with E-state index in [2.05, 4.69) is 5.32 Å². The number of thioether (sulfide) groups is 1. The molecule has 2 aromatic rings. The van der Waals surface area contributed by atoms with E-state index in [1.807, 2.05) is 19.2 Å². The molecule has 5 nitrogen and oxygen atoms in total. The fraction of sp³-hybridized carbons (Fsp3) is 0.250. The van der Waals surface area contributed by atoms with E-state index in [9.17, 15) is 14.4 Å². The van der Waals surface area contributed by atoms with Gasteiger partial charge in [0.15, 0.2) is 0 Å². The van der Waals surface area contributed by atoms with Crippen LogP contribution < -0.4 is 5.32 Å². The van der Waals surface area contributed by atoms with Gasteiger partial charge in [-0.3, -0.25) is 19.3 Å². The molecule has 0 saturated heterocycles. The number of nitrogens with one attached hydrogen (secondary N) is 1. The smallest absolute Gasteiger partial charge is 0.262 e. The van der Waals surface area contributed by atoms with Gasteiger partial charge in [-0.05, 0) is 55.2 Å². The van der Waals surface area contributed by atoms with Crippen LogP contribution in [0.2, 0.25) is 5.02 Å². The number of aryl methyl sites for hydroxylation is 1. The highest BCUT2D eigenvalue weighted by atomic mass is 35.5. The Kier molecular flexibility index (Phi) is 5.87. The van der Waals surface area contributed by atoms with Gasteiger partial charge in [-0.1, -0.05) is 29.8 Å². The van der Waals surface area contributed by atoms with Crippen LogP contribution in [0.1, 0.15) is 32.7 Å². The summed E-state index contributed by atoms with van der Waals surface area (Å²) in [5.74, 6) is -0.671. The summed E-state index contributed by atoms with van der Waals surface area (Å²) in [5.41, 5.74) is 2.09. The number of rotatable bonds is 6. The highest BCUT2D eigenvalue weighted by molar-refractivity contribution is 7.98. The van der Waals surface area contributed by atoms with Crippen molar-refractivity contribution >= 4 is 46.8 Å². The minimum Gasteiger partial charge on any atom is -0.323 e. The van der Waals surface area contributed by atoms with E-state index in [0.29, 0.717) is 34.0 Å². The lowest BCUT2D eigenvalue weighted by molar-refractivity contribution is -0.120. The number of hydrogen-bond donors (Lipinski definition) is 1. The lowest BCUT2D eigenvalue weighted by Crippen LogP contribution is -2.47. The van der Waals surface area contributed by atoms with Crippen molar-refractivity contribution in [3.63, 3.8) is 0 Å². The number of carbonyl (C=O) groups excluding carboxylic acids is 3. The van der Waals surface area contributed by atoms with Crippen LogP contribution in [0.25, 0.3) is 0 Å². The van der Waals surface area contributed by atoms with E-state index in [1.54, 1.807) is 48.2 Å². The maximum Gasteiger partial charge on any atom is 0.262 e. The molecule has 1 aliphatic rings. The van der Waals surface area contributed by atoms with Gasteiger partial charge in [-0.25, -0.2) is 0 Å². The Labute approximate surface area is 167 Å². The number of nitrogens with zero attached hydrogens (tertiary/aromatic N) is 1. The van der Waals surface area contributed by atoms with Gasteiger partial charge in [-0.2, -0.15) is 11.8 Å². The molecule has 1 atom stereocenters. The number of fused-ring (bicyclic) bond motifs is 1. The molecule has 0 radical (unpaired) electrons. The summed E-state index contributed by atoms with van der Waals surface area (Å²) in [5, 5.41) is 3.18. The monoisotopic (exact) mass is 402 g/mol. The second kappa shape index (κ2) is 8.15. The van der Waals surface area contributed by atoms with Crippen molar-refractivity contribution in [2.24, 2.45) is 0 Å². The molecule has 1 N–H and O–H groups in total. The molecule has 0 aliphatic carbocycles. The first-order valence-electron chi connectivity index (χ1n) is 8.47. The Balaban J connectivity index is 1.89. The molecule has 0 aromatic heterocycles. The third kappa shape index (κ3) is 3.87. The molecule has 27 heavy (non-hydrogen) atoms. The number of benzene rings is 2.